The topological polar surface area (TPSA) is 66.0 Å². The SMILES string of the molecule is N#CSc1ccc(NC(=O)/C=C/c2cc3cc(Br)ccc3o2)cc1. The van der Waals surface area contributed by atoms with Gasteiger partial charge in [0.25, 0.3) is 0 Å². The lowest BCUT2D eigenvalue weighted by molar-refractivity contribution is -0.111. The van der Waals surface area contributed by atoms with Crippen LogP contribution in [0.15, 0.2) is 68.4 Å². The largest absolute Gasteiger partial charge is 0.457 e. The Morgan fingerprint density at radius 2 is 2.00 bits per heavy atom. The minimum atomic E-state index is -0.252. The molecular formula is C18H11BrN2O2S. The van der Waals surface area contributed by atoms with E-state index in [0.29, 0.717) is 11.4 Å². The summed E-state index contributed by atoms with van der Waals surface area (Å²) in [6.45, 7) is 0. The second-order valence-electron chi connectivity index (χ2n) is 4.87. The first-order valence-corrected chi connectivity index (χ1v) is 8.59. The van der Waals surface area contributed by atoms with Crippen LogP contribution < -0.4 is 5.32 Å². The maximum Gasteiger partial charge on any atom is 0.248 e. The standard InChI is InChI=1S/C18H11BrN2O2S/c19-13-1-7-17-12(9-13)10-15(23-17)4-8-18(22)21-14-2-5-16(6-3-14)24-11-20/h1-10H,(H,21,22)/b8-4+. The molecule has 0 radical (unpaired) electrons. The van der Waals surface area contributed by atoms with E-state index in [-0.39, 0.29) is 5.91 Å². The second kappa shape index (κ2) is 7.39. The van der Waals surface area contributed by atoms with Crippen LogP contribution in [0.1, 0.15) is 5.76 Å². The molecule has 2 aromatic carbocycles. The maximum absolute atomic E-state index is 12.0. The number of hydrogen-bond acceptors (Lipinski definition) is 4. The number of halogens is 1. The molecular weight excluding hydrogens is 388 g/mol. The molecule has 0 spiro atoms. The summed E-state index contributed by atoms with van der Waals surface area (Å²) >= 11 is 4.49. The number of hydrogen-bond donors (Lipinski definition) is 1. The zero-order valence-corrected chi connectivity index (χ0v) is 14.7. The van der Waals surface area contributed by atoms with Gasteiger partial charge in [-0.25, -0.2) is 0 Å². The Hall–Kier alpha value is -2.49. The predicted molar refractivity (Wildman–Crippen MR) is 99.5 cm³/mol. The third-order valence-electron chi connectivity index (χ3n) is 3.18. The smallest absolute Gasteiger partial charge is 0.248 e. The first-order chi connectivity index (χ1) is 11.6. The van der Waals surface area contributed by atoms with E-state index in [0.717, 1.165) is 32.1 Å². The molecule has 1 heterocycles. The number of carbonyl (C=O) groups excluding carboxylic acids is 1. The van der Waals surface area contributed by atoms with Crippen LogP contribution in [0.5, 0.6) is 0 Å². The van der Waals surface area contributed by atoms with Gasteiger partial charge in [-0.2, -0.15) is 5.26 Å². The summed E-state index contributed by atoms with van der Waals surface area (Å²) in [7, 11) is 0. The number of thiocyanates is 1. The van der Waals surface area contributed by atoms with Crippen molar-refractivity contribution >= 4 is 56.3 Å². The van der Waals surface area contributed by atoms with Gasteiger partial charge < -0.3 is 9.73 Å². The minimum Gasteiger partial charge on any atom is -0.457 e. The molecule has 4 nitrogen and oxygen atoms in total. The van der Waals surface area contributed by atoms with Crippen LogP contribution in [0.2, 0.25) is 0 Å². The Kier molecular flexibility index (Phi) is 5.04. The van der Waals surface area contributed by atoms with Gasteiger partial charge in [-0.15, -0.1) is 0 Å². The molecule has 1 N–H and O–H groups in total. The van der Waals surface area contributed by atoms with Gasteiger partial charge in [-0.05, 0) is 66.4 Å². The molecule has 0 bridgehead atoms. The highest BCUT2D eigenvalue weighted by Gasteiger charge is 2.03. The summed E-state index contributed by atoms with van der Waals surface area (Å²) < 4.78 is 6.62. The van der Waals surface area contributed by atoms with Crippen LogP contribution >= 0.6 is 27.7 Å². The van der Waals surface area contributed by atoms with Gasteiger partial charge >= 0.3 is 0 Å². The van der Waals surface area contributed by atoms with Crippen LogP contribution in [0.3, 0.4) is 0 Å². The number of nitriles is 1. The lowest BCUT2D eigenvalue weighted by atomic mass is 10.2. The van der Waals surface area contributed by atoms with Crippen molar-refractivity contribution in [3.05, 3.63) is 64.8 Å². The van der Waals surface area contributed by atoms with Crippen molar-refractivity contribution in [1.29, 1.82) is 5.26 Å². The number of benzene rings is 2. The molecule has 1 amide bonds. The van der Waals surface area contributed by atoms with Crippen LogP contribution in [-0.4, -0.2) is 5.91 Å². The molecule has 0 atom stereocenters. The lowest BCUT2D eigenvalue weighted by Gasteiger charge is -2.02. The predicted octanol–water partition coefficient (Wildman–Crippen LogP) is 5.42. The highest BCUT2D eigenvalue weighted by molar-refractivity contribution is 9.10. The maximum atomic E-state index is 12.0. The van der Waals surface area contributed by atoms with E-state index in [9.17, 15) is 4.79 Å². The van der Waals surface area contributed by atoms with Gasteiger partial charge in [-0.3, -0.25) is 4.79 Å². The summed E-state index contributed by atoms with van der Waals surface area (Å²) in [6, 6.07) is 14.7. The number of rotatable bonds is 4. The van der Waals surface area contributed by atoms with Crippen molar-refractivity contribution in [1.82, 2.24) is 0 Å². The molecule has 1 aromatic heterocycles. The summed E-state index contributed by atoms with van der Waals surface area (Å²) in [4.78, 5) is 12.8. The zero-order valence-electron chi connectivity index (χ0n) is 12.3. The van der Waals surface area contributed by atoms with Gasteiger partial charge in [0.15, 0.2) is 0 Å². The fourth-order valence-corrected chi connectivity index (χ4v) is 2.87. The van der Waals surface area contributed by atoms with Crippen molar-refractivity contribution in [3.63, 3.8) is 0 Å². The summed E-state index contributed by atoms with van der Waals surface area (Å²) in [5, 5.41) is 14.3. The van der Waals surface area contributed by atoms with E-state index < -0.39 is 0 Å². The van der Waals surface area contributed by atoms with Crippen molar-refractivity contribution < 1.29 is 9.21 Å². The number of nitrogens with one attached hydrogen (secondary N) is 1. The van der Waals surface area contributed by atoms with Crippen molar-refractivity contribution in [2.24, 2.45) is 0 Å². The van der Waals surface area contributed by atoms with Crippen LogP contribution in [-0.2, 0) is 4.79 Å². The van der Waals surface area contributed by atoms with Gasteiger partial charge in [0, 0.05) is 26.5 Å². The van der Waals surface area contributed by atoms with Crippen molar-refractivity contribution in [2.45, 2.75) is 4.90 Å². The van der Waals surface area contributed by atoms with Crippen LogP contribution in [0.25, 0.3) is 17.0 Å². The van der Waals surface area contributed by atoms with Gasteiger partial charge in [0.05, 0.1) is 0 Å². The molecule has 118 valence electrons. The van der Waals surface area contributed by atoms with Crippen LogP contribution in [0.4, 0.5) is 5.69 Å². The average molecular weight is 399 g/mol. The Bertz CT molecular complexity index is 955. The number of carbonyl (C=O) groups is 1. The number of anilines is 1. The van der Waals surface area contributed by atoms with Gasteiger partial charge in [0.1, 0.15) is 16.7 Å². The molecule has 0 aliphatic heterocycles. The Morgan fingerprint density at radius 3 is 2.75 bits per heavy atom. The molecule has 6 heteroatoms. The fraction of sp³-hybridized carbons (Fsp3) is 0. The monoisotopic (exact) mass is 398 g/mol. The van der Waals surface area contributed by atoms with E-state index in [1.165, 1.54) is 6.08 Å². The van der Waals surface area contributed by atoms with Gasteiger partial charge in [0.2, 0.25) is 5.91 Å². The molecule has 3 aromatic rings. The highest BCUT2D eigenvalue weighted by atomic mass is 79.9. The number of furan rings is 1. The third-order valence-corrected chi connectivity index (χ3v) is 4.27. The van der Waals surface area contributed by atoms with Gasteiger partial charge in [-0.1, -0.05) is 15.9 Å². The zero-order chi connectivity index (χ0) is 16.9. The number of thioether (sulfide) groups is 1. The fourth-order valence-electron chi connectivity index (χ4n) is 2.12. The third kappa shape index (κ3) is 4.07. The van der Waals surface area contributed by atoms with Crippen molar-refractivity contribution in [2.75, 3.05) is 5.32 Å². The lowest BCUT2D eigenvalue weighted by Crippen LogP contribution is -2.07. The molecule has 0 fully saturated rings. The summed E-state index contributed by atoms with van der Waals surface area (Å²) in [6.07, 6.45) is 3.05. The Balaban J connectivity index is 1.66. The number of amides is 1. The molecule has 0 aliphatic rings. The average Bonchev–Trinajstić information content (AvgIpc) is 2.97. The second-order valence-corrected chi connectivity index (χ2v) is 6.65. The normalized spacial score (nSPS) is 10.8. The Labute approximate surface area is 151 Å². The van der Waals surface area contributed by atoms with E-state index in [2.05, 4.69) is 21.2 Å². The molecule has 0 saturated heterocycles. The minimum absolute atomic E-state index is 0.252. The van der Waals surface area contributed by atoms with E-state index in [1.54, 1.807) is 30.3 Å². The van der Waals surface area contributed by atoms with E-state index >= 15 is 0 Å². The summed E-state index contributed by atoms with van der Waals surface area (Å²) in [5.74, 6) is 0.358. The summed E-state index contributed by atoms with van der Waals surface area (Å²) in [5.41, 5.74) is 1.43. The quantitative estimate of drug-likeness (QED) is 0.361. The van der Waals surface area contributed by atoms with Crippen LogP contribution in [0, 0.1) is 10.7 Å². The Morgan fingerprint density at radius 1 is 1.21 bits per heavy atom. The first-order valence-electron chi connectivity index (χ1n) is 6.98. The van der Waals surface area contributed by atoms with E-state index in [4.69, 9.17) is 9.68 Å². The molecule has 0 aliphatic carbocycles. The number of fused-ring (bicyclic) bond motifs is 1. The molecule has 0 unspecified atom stereocenters. The first kappa shape index (κ1) is 16.4. The molecule has 3 rings (SSSR count). The molecule has 0 saturated carbocycles. The van der Waals surface area contributed by atoms with E-state index in [1.807, 2.05) is 29.7 Å². The highest BCUT2D eigenvalue weighted by Crippen LogP contribution is 2.24. The van der Waals surface area contributed by atoms with Crippen molar-refractivity contribution in [3.8, 4) is 5.40 Å². The number of nitrogens with zero attached hydrogens (tertiary/aromatic N) is 1. The molecule has 24 heavy (non-hydrogen) atoms.